The van der Waals surface area contributed by atoms with Gasteiger partial charge in [-0.1, -0.05) is 29.8 Å². The van der Waals surface area contributed by atoms with E-state index in [4.69, 9.17) is 16.3 Å². The van der Waals surface area contributed by atoms with E-state index in [1.165, 1.54) is 13.3 Å². The van der Waals surface area contributed by atoms with E-state index >= 15 is 0 Å². The summed E-state index contributed by atoms with van der Waals surface area (Å²) in [6.07, 6.45) is 1.32. The second kappa shape index (κ2) is 8.04. The van der Waals surface area contributed by atoms with Crippen molar-refractivity contribution >= 4 is 28.9 Å². The van der Waals surface area contributed by atoms with Gasteiger partial charge in [-0.25, -0.2) is 0 Å². The Morgan fingerprint density at radius 2 is 2.00 bits per heavy atom. The first-order valence-corrected chi connectivity index (χ1v) is 7.50. The van der Waals surface area contributed by atoms with Gasteiger partial charge in [0.25, 0.3) is 5.91 Å². The molecule has 0 atom stereocenters. The summed E-state index contributed by atoms with van der Waals surface area (Å²) in [6, 6.07) is 14.3. The summed E-state index contributed by atoms with van der Waals surface area (Å²) in [6.45, 7) is 1.90. The average Bonchev–Trinajstić information content (AvgIpc) is 2.57. The minimum atomic E-state index is -0.541. The van der Waals surface area contributed by atoms with Crippen molar-refractivity contribution < 1.29 is 9.53 Å². The number of para-hydroxylation sites is 1. The van der Waals surface area contributed by atoms with Crippen molar-refractivity contribution in [2.75, 3.05) is 17.7 Å². The normalized spacial score (nSPS) is 10.7. The van der Waals surface area contributed by atoms with Gasteiger partial charge in [-0.15, -0.1) is 0 Å². The Bertz CT molecular complexity index is 825. The third kappa shape index (κ3) is 4.28. The molecule has 2 aromatic carbocycles. The predicted octanol–water partition coefficient (Wildman–Crippen LogP) is 4.12. The minimum absolute atomic E-state index is 0.0847. The van der Waals surface area contributed by atoms with E-state index in [9.17, 15) is 10.1 Å². The van der Waals surface area contributed by atoms with Crippen LogP contribution < -0.4 is 15.4 Å². The van der Waals surface area contributed by atoms with Crippen molar-refractivity contribution in [1.29, 1.82) is 5.26 Å². The van der Waals surface area contributed by atoms with E-state index < -0.39 is 5.91 Å². The summed E-state index contributed by atoms with van der Waals surface area (Å²) in [5.41, 5.74) is 1.98. The summed E-state index contributed by atoms with van der Waals surface area (Å²) in [7, 11) is 1.51. The second-order valence-electron chi connectivity index (χ2n) is 4.95. The Morgan fingerprint density at radius 1 is 1.25 bits per heavy atom. The molecular weight excluding hydrogens is 326 g/mol. The molecule has 24 heavy (non-hydrogen) atoms. The van der Waals surface area contributed by atoms with Crippen LogP contribution in [0.25, 0.3) is 0 Å². The van der Waals surface area contributed by atoms with Gasteiger partial charge in [0, 0.05) is 6.20 Å². The van der Waals surface area contributed by atoms with Gasteiger partial charge in [0.15, 0.2) is 0 Å². The molecule has 6 heteroatoms. The van der Waals surface area contributed by atoms with Crippen molar-refractivity contribution in [2.24, 2.45) is 0 Å². The van der Waals surface area contributed by atoms with Gasteiger partial charge >= 0.3 is 0 Å². The molecule has 5 nitrogen and oxygen atoms in total. The molecule has 0 fully saturated rings. The highest BCUT2D eigenvalue weighted by molar-refractivity contribution is 6.33. The molecule has 0 aliphatic rings. The van der Waals surface area contributed by atoms with Crippen molar-refractivity contribution in [1.82, 2.24) is 0 Å². The van der Waals surface area contributed by atoms with E-state index in [2.05, 4.69) is 10.6 Å². The second-order valence-corrected chi connectivity index (χ2v) is 5.36. The number of halogens is 1. The SMILES string of the molecule is COc1ccc(C)cc1NC(=O)/C(C#N)=C\Nc1ccccc1Cl. The number of nitrogens with one attached hydrogen (secondary N) is 2. The summed E-state index contributed by atoms with van der Waals surface area (Å²) >= 11 is 6.03. The Labute approximate surface area is 145 Å². The molecule has 2 N–H and O–H groups in total. The van der Waals surface area contributed by atoms with Gasteiger partial charge in [-0.3, -0.25) is 4.79 Å². The van der Waals surface area contributed by atoms with Crippen LogP contribution in [-0.2, 0) is 4.79 Å². The first kappa shape index (κ1) is 17.4. The van der Waals surface area contributed by atoms with Gasteiger partial charge in [-0.05, 0) is 36.8 Å². The van der Waals surface area contributed by atoms with E-state index in [0.29, 0.717) is 22.1 Å². The molecule has 122 valence electrons. The van der Waals surface area contributed by atoms with Crippen LogP contribution in [0.2, 0.25) is 5.02 Å². The zero-order valence-electron chi connectivity index (χ0n) is 13.3. The number of benzene rings is 2. The molecule has 0 radical (unpaired) electrons. The van der Waals surface area contributed by atoms with Crippen LogP contribution >= 0.6 is 11.6 Å². The number of anilines is 2. The highest BCUT2D eigenvalue weighted by atomic mass is 35.5. The maximum atomic E-state index is 12.3. The van der Waals surface area contributed by atoms with Gasteiger partial charge in [0.1, 0.15) is 17.4 Å². The molecular formula is C18H16ClN3O2. The molecule has 0 aromatic heterocycles. The van der Waals surface area contributed by atoms with Crippen LogP contribution in [0.5, 0.6) is 5.75 Å². The fourth-order valence-electron chi connectivity index (χ4n) is 1.99. The third-order valence-electron chi connectivity index (χ3n) is 3.21. The minimum Gasteiger partial charge on any atom is -0.495 e. The highest BCUT2D eigenvalue weighted by Crippen LogP contribution is 2.26. The molecule has 0 spiro atoms. The molecule has 0 aliphatic carbocycles. The van der Waals surface area contributed by atoms with Crippen LogP contribution in [0.15, 0.2) is 54.2 Å². The molecule has 0 heterocycles. The first-order chi connectivity index (χ1) is 11.5. The number of methoxy groups -OCH3 is 1. The van der Waals surface area contributed by atoms with Crippen LogP contribution in [0.4, 0.5) is 11.4 Å². The van der Waals surface area contributed by atoms with Gasteiger partial charge in [0.05, 0.1) is 23.5 Å². The zero-order chi connectivity index (χ0) is 17.5. The van der Waals surface area contributed by atoms with Crippen molar-refractivity contribution in [3.63, 3.8) is 0 Å². The molecule has 1 amide bonds. The number of aryl methyl sites for hydroxylation is 1. The first-order valence-electron chi connectivity index (χ1n) is 7.12. The number of ether oxygens (including phenoxy) is 1. The number of carbonyl (C=O) groups excluding carboxylic acids is 1. The van der Waals surface area contributed by atoms with Crippen molar-refractivity contribution in [3.05, 3.63) is 64.8 Å². The molecule has 0 bridgehead atoms. The van der Waals surface area contributed by atoms with E-state index in [-0.39, 0.29) is 5.57 Å². The Hall–Kier alpha value is -2.97. The lowest BCUT2D eigenvalue weighted by Gasteiger charge is -2.11. The van der Waals surface area contributed by atoms with Gasteiger partial charge in [-0.2, -0.15) is 5.26 Å². The standard InChI is InChI=1S/C18H16ClN3O2/c1-12-7-8-17(24-2)16(9-12)22-18(23)13(10-20)11-21-15-6-4-3-5-14(15)19/h3-9,11,21H,1-2H3,(H,22,23)/b13-11-. The maximum Gasteiger partial charge on any atom is 0.267 e. The lowest BCUT2D eigenvalue weighted by atomic mass is 10.2. The van der Waals surface area contributed by atoms with Crippen LogP contribution in [0.1, 0.15) is 5.56 Å². The molecule has 2 aromatic rings. The fourth-order valence-corrected chi connectivity index (χ4v) is 2.18. The largest absolute Gasteiger partial charge is 0.495 e. The number of hydrogen-bond donors (Lipinski definition) is 2. The lowest BCUT2D eigenvalue weighted by molar-refractivity contribution is -0.112. The predicted molar refractivity (Wildman–Crippen MR) is 95.1 cm³/mol. The molecule has 2 rings (SSSR count). The number of hydrogen-bond acceptors (Lipinski definition) is 4. The third-order valence-corrected chi connectivity index (χ3v) is 3.54. The highest BCUT2D eigenvalue weighted by Gasteiger charge is 2.12. The smallest absolute Gasteiger partial charge is 0.267 e. The number of rotatable bonds is 5. The molecule has 0 saturated carbocycles. The van der Waals surface area contributed by atoms with E-state index in [1.807, 2.05) is 19.1 Å². The number of carbonyl (C=O) groups is 1. The number of amides is 1. The van der Waals surface area contributed by atoms with E-state index in [1.54, 1.807) is 36.4 Å². The van der Waals surface area contributed by atoms with E-state index in [0.717, 1.165) is 5.56 Å². The Kier molecular flexibility index (Phi) is 5.83. The summed E-state index contributed by atoms with van der Waals surface area (Å²) in [5.74, 6) is -0.0220. The Balaban J connectivity index is 2.18. The summed E-state index contributed by atoms with van der Waals surface area (Å²) in [4.78, 5) is 12.3. The van der Waals surface area contributed by atoms with Gasteiger partial charge in [0.2, 0.25) is 0 Å². The quantitative estimate of drug-likeness (QED) is 0.634. The van der Waals surface area contributed by atoms with Crippen molar-refractivity contribution in [2.45, 2.75) is 6.92 Å². The summed E-state index contributed by atoms with van der Waals surface area (Å²) < 4.78 is 5.21. The molecule has 0 saturated heterocycles. The van der Waals surface area contributed by atoms with Crippen molar-refractivity contribution in [3.8, 4) is 11.8 Å². The topological polar surface area (TPSA) is 74.1 Å². The molecule has 0 unspecified atom stereocenters. The van der Waals surface area contributed by atoms with Crippen LogP contribution in [0, 0.1) is 18.3 Å². The number of nitrogens with zero attached hydrogens (tertiary/aromatic N) is 1. The average molecular weight is 342 g/mol. The van der Waals surface area contributed by atoms with Gasteiger partial charge < -0.3 is 15.4 Å². The van der Waals surface area contributed by atoms with Crippen LogP contribution in [0.3, 0.4) is 0 Å². The Morgan fingerprint density at radius 3 is 2.67 bits per heavy atom. The zero-order valence-corrected chi connectivity index (χ0v) is 14.0. The fraction of sp³-hybridized carbons (Fsp3) is 0.111. The number of nitriles is 1. The molecule has 0 aliphatic heterocycles. The maximum absolute atomic E-state index is 12.3. The lowest BCUT2D eigenvalue weighted by Crippen LogP contribution is -2.15. The monoisotopic (exact) mass is 341 g/mol. The van der Waals surface area contributed by atoms with Crippen LogP contribution in [-0.4, -0.2) is 13.0 Å². The summed E-state index contributed by atoms with van der Waals surface area (Å²) in [5, 5.41) is 15.3.